The average molecular weight is 168 g/mol. The summed E-state index contributed by atoms with van der Waals surface area (Å²) in [4.78, 5) is 0. The molecule has 3 rings (SSSR count). The van der Waals surface area contributed by atoms with E-state index in [1.807, 2.05) is 0 Å². The van der Waals surface area contributed by atoms with E-state index in [0.29, 0.717) is 0 Å². The molecule has 1 heteroatoms. The lowest BCUT2D eigenvalue weighted by Gasteiger charge is -2.27. The van der Waals surface area contributed by atoms with Crippen molar-refractivity contribution in [1.82, 2.24) is 0 Å². The molecule has 11 heavy (non-hydrogen) atoms. The van der Waals surface area contributed by atoms with Crippen LogP contribution in [0, 0.1) is 5.92 Å². The molecule has 3 aliphatic rings. The topological polar surface area (TPSA) is 0 Å². The fraction of sp³-hybridized carbons (Fsp3) is 1.00. The van der Waals surface area contributed by atoms with Crippen molar-refractivity contribution in [3.63, 3.8) is 0 Å². The monoisotopic (exact) mass is 168 g/mol. The lowest BCUT2D eigenvalue weighted by Crippen LogP contribution is -2.20. The van der Waals surface area contributed by atoms with Gasteiger partial charge in [-0.3, -0.25) is 0 Å². The summed E-state index contributed by atoms with van der Waals surface area (Å²) in [6.07, 6.45) is 9.56. The Bertz CT molecular complexity index is 86.3. The molecule has 64 valence electrons. The van der Waals surface area contributed by atoms with Gasteiger partial charge >= 0.3 is 0 Å². The van der Waals surface area contributed by atoms with Crippen LogP contribution in [0.5, 0.6) is 0 Å². The fourth-order valence-electron chi connectivity index (χ4n) is 2.95. The Kier molecular flexibility index (Phi) is 2.67. The van der Waals surface area contributed by atoms with E-state index in [-0.39, 0.29) is 8.80 Å². The number of fused-ring (bicyclic) bond motifs is 6. The Hall–Kier alpha value is 0.217. The van der Waals surface area contributed by atoms with Crippen molar-refractivity contribution in [3.8, 4) is 0 Å². The average Bonchev–Trinajstić information content (AvgIpc) is 1.80. The van der Waals surface area contributed by atoms with E-state index in [9.17, 15) is 0 Å². The minimum absolute atomic E-state index is 0.162. The SMILES string of the molecule is C1CC2CCC[SiH](C1)CCC2. The van der Waals surface area contributed by atoms with Gasteiger partial charge in [0.25, 0.3) is 0 Å². The lowest BCUT2D eigenvalue weighted by molar-refractivity contribution is 0.389. The summed E-state index contributed by atoms with van der Waals surface area (Å²) >= 11 is 0. The van der Waals surface area contributed by atoms with E-state index in [4.69, 9.17) is 0 Å². The van der Waals surface area contributed by atoms with Crippen LogP contribution in [0.1, 0.15) is 38.5 Å². The third-order valence-electron chi connectivity index (χ3n) is 3.67. The summed E-state index contributed by atoms with van der Waals surface area (Å²) in [6, 6.07) is 5.07. The first kappa shape index (κ1) is 7.84. The van der Waals surface area contributed by atoms with E-state index in [1.165, 1.54) is 0 Å². The predicted octanol–water partition coefficient (Wildman–Crippen LogP) is 3.20. The minimum atomic E-state index is -0.162. The van der Waals surface area contributed by atoms with Gasteiger partial charge in [-0.2, -0.15) is 0 Å². The third kappa shape index (κ3) is 2.08. The maximum Gasteiger partial charge on any atom is 0.0367 e. The molecular formula is C10H20Si. The van der Waals surface area contributed by atoms with Crippen molar-refractivity contribution < 1.29 is 0 Å². The molecule has 0 amide bonds. The summed E-state index contributed by atoms with van der Waals surface area (Å²) in [6.45, 7) is 0. The molecule has 0 saturated carbocycles. The van der Waals surface area contributed by atoms with Crippen molar-refractivity contribution in [1.29, 1.82) is 0 Å². The number of hydrogen-bond acceptors (Lipinski definition) is 0. The van der Waals surface area contributed by atoms with Crippen molar-refractivity contribution >= 4 is 8.80 Å². The highest BCUT2D eigenvalue weighted by Gasteiger charge is 2.20. The summed E-state index contributed by atoms with van der Waals surface area (Å²) in [7, 11) is -0.162. The summed E-state index contributed by atoms with van der Waals surface area (Å²) in [5.74, 6) is 1.14. The van der Waals surface area contributed by atoms with E-state index in [2.05, 4.69) is 0 Å². The predicted molar refractivity (Wildman–Crippen MR) is 52.8 cm³/mol. The van der Waals surface area contributed by atoms with Gasteiger partial charge in [0.1, 0.15) is 0 Å². The second-order valence-corrected chi connectivity index (χ2v) is 7.99. The second-order valence-electron chi connectivity index (χ2n) is 4.52. The Morgan fingerprint density at radius 3 is 1.64 bits per heavy atom. The normalized spacial score (nSPS) is 39.3. The Labute approximate surface area is 72.0 Å². The van der Waals surface area contributed by atoms with Crippen molar-refractivity contribution in [2.24, 2.45) is 5.92 Å². The second kappa shape index (κ2) is 3.75. The van der Waals surface area contributed by atoms with Gasteiger partial charge in [0, 0.05) is 8.80 Å². The van der Waals surface area contributed by atoms with Crippen LogP contribution in [0.15, 0.2) is 0 Å². The van der Waals surface area contributed by atoms with Crippen LogP contribution in [-0.2, 0) is 0 Å². The molecule has 3 heterocycles. The molecule has 0 unspecified atom stereocenters. The Balaban J connectivity index is 1.96. The summed E-state index contributed by atoms with van der Waals surface area (Å²) < 4.78 is 0. The van der Waals surface area contributed by atoms with Gasteiger partial charge in [-0.05, 0) is 5.92 Å². The van der Waals surface area contributed by atoms with Crippen LogP contribution < -0.4 is 0 Å². The smallest absolute Gasteiger partial charge is 0.0367 e. The first-order chi connectivity index (χ1) is 5.45. The number of rotatable bonds is 0. The molecule has 0 radical (unpaired) electrons. The Morgan fingerprint density at radius 2 is 1.18 bits per heavy atom. The zero-order valence-corrected chi connectivity index (χ0v) is 8.67. The van der Waals surface area contributed by atoms with Crippen molar-refractivity contribution in [2.75, 3.05) is 0 Å². The molecule has 0 nitrogen and oxygen atoms in total. The zero-order valence-electron chi connectivity index (χ0n) is 7.52. The number of hydrogen-bond donors (Lipinski definition) is 0. The first-order valence-electron chi connectivity index (χ1n) is 5.45. The van der Waals surface area contributed by atoms with E-state index in [0.717, 1.165) is 5.92 Å². The van der Waals surface area contributed by atoms with Crippen molar-refractivity contribution in [2.45, 2.75) is 56.7 Å². The minimum Gasteiger partial charge on any atom is -0.0599 e. The highest BCUT2D eigenvalue weighted by Crippen LogP contribution is 2.32. The van der Waals surface area contributed by atoms with Gasteiger partial charge in [-0.25, -0.2) is 0 Å². The lowest BCUT2D eigenvalue weighted by atomic mass is 9.93. The van der Waals surface area contributed by atoms with E-state index < -0.39 is 0 Å². The fourth-order valence-corrected chi connectivity index (χ4v) is 6.26. The highest BCUT2D eigenvalue weighted by molar-refractivity contribution is 6.58. The van der Waals surface area contributed by atoms with Crippen molar-refractivity contribution in [3.05, 3.63) is 0 Å². The molecule has 2 bridgehead atoms. The standard InChI is InChI=1S/C10H20Si/c1-4-10-5-2-8-11(7-1)9-3-6-10/h10-11H,1-9H2. The molecule has 0 spiro atoms. The highest BCUT2D eigenvalue weighted by atomic mass is 28.3. The van der Waals surface area contributed by atoms with E-state index in [1.54, 1.807) is 56.7 Å². The zero-order chi connectivity index (χ0) is 7.52. The van der Waals surface area contributed by atoms with Crippen LogP contribution in [0.4, 0.5) is 0 Å². The molecule has 0 aromatic heterocycles. The van der Waals surface area contributed by atoms with Gasteiger partial charge < -0.3 is 0 Å². The molecule has 3 saturated heterocycles. The summed E-state index contributed by atoms with van der Waals surface area (Å²) in [5.41, 5.74) is 0. The molecule has 0 N–H and O–H groups in total. The molecule has 0 aliphatic carbocycles. The molecule has 0 aromatic carbocycles. The third-order valence-corrected chi connectivity index (χ3v) is 7.35. The molecule has 3 aliphatic heterocycles. The van der Waals surface area contributed by atoms with E-state index >= 15 is 0 Å². The van der Waals surface area contributed by atoms with Gasteiger partial charge in [-0.1, -0.05) is 56.7 Å². The van der Waals surface area contributed by atoms with Crippen LogP contribution >= 0.6 is 0 Å². The molecule has 3 fully saturated rings. The van der Waals surface area contributed by atoms with Gasteiger partial charge in [0.15, 0.2) is 0 Å². The van der Waals surface area contributed by atoms with Crippen LogP contribution in [-0.4, -0.2) is 8.80 Å². The van der Waals surface area contributed by atoms with Crippen LogP contribution in [0.3, 0.4) is 0 Å². The quantitative estimate of drug-likeness (QED) is 0.487. The van der Waals surface area contributed by atoms with Gasteiger partial charge in [0.05, 0.1) is 0 Å². The summed E-state index contributed by atoms with van der Waals surface area (Å²) in [5, 5.41) is 0. The molecule has 0 atom stereocenters. The Morgan fingerprint density at radius 1 is 0.727 bits per heavy atom. The maximum atomic E-state index is 1.69. The van der Waals surface area contributed by atoms with Crippen LogP contribution in [0.25, 0.3) is 0 Å². The van der Waals surface area contributed by atoms with Crippen LogP contribution in [0.2, 0.25) is 18.1 Å². The van der Waals surface area contributed by atoms with Gasteiger partial charge in [0.2, 0.25) is 0 Å². The molecular weight excluding hydrogens is 148 g/mol. The first-order valence-corrected chi connectivity index (χ1v) is 7.90. The maximum absolute atomic E-state index is 1.69. The van der Waals surface area contributed by atoms with Gasteiger partial charge in [-0.15, -0.1) is 0 Å². The molecule has 0 aromatic rings. The largest absolute Gasteiger partial charge is 0.0599 e.